The number of aliphatic hydroxyl groups excluding tert-OH is 1. The maximum atomic E-state index is 13.4. The van der Waals surface area contributed by atoms with Crippen LogP contribution in [0.2, 0.25) is 0 Å². The van der Waals surface area contributed by atoms with E-state index in [0.29, 0.717) is 12.8 Å². The second-order valence-corrected chi connectivity index (χ2v) is 9.35. The zero-order valence-corrected chi connectivity index (χ0v) is 21.6. The van der Waals surface area contributed by atoms with E-state index in [2.05, 4.69) is 10.6 Å². The third-order valence-corrected chi connectivity index (χ3v) is 6.50. The van der Waals surface area contributed by atoms with Crippen LogP contribution < -0.4 is 10.6 Å². The molecule has 2 unspecified atom stereocenters. The number of fused-ring (bicyclic) bond motifs is 1. The van der Waals surface area contributed by atoms with Gasteiger partial charge in [0.15, 0.2) is 5.78 Å². The minimum absolute atomic E-state index is 0.0552. The van der Waals surface area contributed by atoms with Crippen molar-refractivity contribution in [2.24, 2.45) is 0 Å². The molecule has 7 heteroatoms. The Morgan fingerprint density at radius 1 is 0.692 bits per heavy atom. The van der Waals surface area contributed by atoms with E-state index in [1.165, 1.54) is 0 Å². The highest BCUT2D eigenvalue weighted by Crippen LogP contribution is 2.17. The van der Waals surface area contributed by atoms with Crippen LogP contribution in [-0.4, -0.2) is 41.6 Å². The second kappa shape index (κ2) is 13.9. The quantitative estimate of drug-likeness (QED) is 0.256. The molecular formula is C32H32N2O5. The standard InChI is InChI=1S/C32H32N2O5/c35-21-30(36)28(18-16-23-9-3-1-4-10-23)33-31(37)29(34-32(38)39-22-24-11-5-2-6-12-24)20-25-15-17-26-13-7-8-14-27(26)19-25/h1-15,17,19,28-29,35H,16,18,20-22H2,(H,33,37)(H,34,38). The van der Waals surface area contributed by atoms with Crippen molar-refractivity contribution in [3.8, 4) is 0 Å². The van der Waals surface area contributed by atoms with E-state index in [4.69, 9.17) is 4.74 Å². The number of hydrogen-bond acceptors (Lipinski definition) is 5. The largest absolute Gasteiger partial charge is 0.445 e. The number of Topliss-reactive ketones (excluding diaryl/α,β-unsaturated/α-hetero) is 1. The molecule has 39 heavy (non-hydrogen) atoms. The van der Waals surface area contributed by atoms with E-state index < -0.39 is 36.5 Å². The van der Waals surface area contributed by atoms with Crippen LogP contribution in [0.5, 0.6) is 0 Å². The molecule has 4 rings (SSSR count). The molecule has 200 valence electrons. The third kappa shape index (κ3) is 8.25. The number of alkyl carbamates (subject to hydrolysis) is 1. The molecule has 0 spiro atoms. The molecule has 0 radical (unpaired) electrons. The van der Waals surface area contributed by atoms with Crippen molar-refractivity contribution < 1.29 is 24.2 Å². The number of nitrogens with one attached hydrogen (secondary N) is 2. The summed E-state index contributed by atoms with van der Waals surface area (Å²) in [7, 11) is 0. The molecule has 0 heterocycles. The Morgan fingerprint density at radius 3 is 2.03 bits per heavy atom. The predicted molar refractivity (Wildman–Crippen MR) is 150 cm³/mol. The molecule has 3 N–H and O–H groups in total. The number of hydrogen-bond donors (Lipinski definition) is 3. The van der Waals surface area contributed by atoms with E-state index >= 15 is 0 Å². The Hall–Kier alpha value is -4.49. The van der Waals surface area contributed by atoms with Gasteiger partial charge < -0.3 is 20.5 Å². The fourth-order valence-electron chi connectivity index (χ4n) is 4.37. The number of ether oxygens (including phenoxy) is 1. The molecule has 2 amide bonds. The first-order valence-electron chi connectivity index (χ1n) is 12.9. The first-order valence-corrected chi connectivity index (χ1v) is 12.9. The number of ketones is 1. The van der Waals surface area contributed by atoms with Gasteiger partial charge in [0.1, 0.15) is 19.3 Å². The normalized spacial score (nSPS) is 12.3. The Balaban J connectivity index is 1.48. The van der Waals surface area contributed by atoms with E-state index in [-0.39, 0.29) is 13.0 Å². The summed E-state index contributed by atoms with van der Waals surface area (Å²) in [6.07, 6.45) is 0.306. The highest BCUT2D eigenvalue weighted by atomic mass is 16.5. The minimum atomic E-state index is -1.000. The van der Waals surface area contributed by atoms with Gasteiger partial charge >= 0.3 is 6.09 Å². The van der Waals surface area contributed by atoms with Crippen molar-refractivity contribution in [1.82, 2.24) is 10.6 Å². The molecule has 2 atom stereocenters. The molecule has 4 aromatic rings. The minimum Gasteiger partial charge on any atom is -0.445 e. The van der Waals surface area contributed by atoms with Crippen LogP contribution in [0.3, 0.4) is 0 Å². The van der Waals surface area contributed by atoms with Crippen LogP contribution >= 0.6 is 0 Å². The van der Waals surface area contributed by atoms with Gasteiger partial charge in [-0.1, -0.05) is 103 Å². The van der Waals surface area contributed by atoms with Crippen molar-refractivity contribution in [1.29, 1.82) is 0 Å². The first kappa shape index (κ1) is 27.5. The lowest BCUT2D eigenvalue weighted by Crippen LogP contribution is -2.53. The van der Waals surface area contributed by atoms with E-state index in [9.17, 15) is 19.5 Å². The summed E-state index contributed by atoms with van der Waals surface area (Å²) < 4.78 is 5.36. The number of carbonyl (C=O) groups excluding carboxylic acids is 3. The summed E-state index contributed by atoms with van der Waals surface area (Å²) in [6.45, 7) is -0.638. The summed E-state index contributed by atoms with van der Waals surface area (Å²) in [6, 6.07) is 30.6. The van der Waals surface area contributed by atoms with E-state index in [1.807, 2.05) is 103 Å². The van der Waals surface area contributed by atoms with Crippen molar-refractivity contribution >= 4 is 28.6 Å². The number of amides is 2. The van der Waals surface area contributed by atoms with E-state index in [0.717, 1.165) is 27.5 Å². The molecule has 0 aliphatic heterocycles. The van der Waals surface area contributed by atoms with Gasteiger partial charge in [-0.2, -0.15) is 0 Å². The average Bonchev–Trinajstić information content (AvgIpc) is 2.98. The van der Waals surface area contributed by atoms with Gasteiger partial charge in [-0.05, 0) is 40.3 Å². The van der Waals surface area contributed by atoms with Crippen LogP contribution in [0, 0.1) is 0 Å². The van der Waals surface area contributed by atoms with Gasteiger partial charge in [0.25, 0.3) is 0 Å². The lowest BCUT2D eigenvalue weighted by molar-refractivity contribution is -0.130. The molecule has 0 saturated heterocycles. The number of aryl methyl sites for hydroxylation is 1. The van der Waals surface area contributed by atoms with Gasteiger partial charge in [-0.25, -0.2) is 4.79 Å². The van der Waals surface area contributed by atoms with Crippen LogP contribution in [0.25, 0.3) is 10.8 Å². The van der Waals surface area contributed by atoms with Gasteiger partial charge in [0.2, 0.25) is 5.91 Å². The monoisotopic (exact) mass is 524 g/mol. The fourth-order valence-corrected chi connectivity index (χ4v) is 4.37. The molecule has 0 aliphatic carbocycles. The van der Waals surface area contributed by atoms with Crippen LogP contribution in [0.4, 0.5) is 4.79 Å². The lowest BCUT2D eigenvalue weighted by Gasteiger charge is -2.23. The van der Waals surface area contributed by atoms with Gasteiger partial charge in [0, 0.05) is 6.42 Å². The summed E-state index contributed by atoms with van der Waals surface area (Å²) in [4.78, 5) is 38.6. The second-order valence-electron chi connectivity index (χ2n) is 9.35. The highest BCUT2D eigenvalue weighted by molar-refractivity contribution is 5.93. The number of rotatable bonds is 12. The topological polar surface area (TPSA) is 105 Å². The zero-order chi connectivity index (χ0) is 27.5. The Morgan fingerprint density at radius 2 is 1.33 bits per heavy atom. The lowest BCUT2D eigenvalue weighted by atomic mass is 9.99. The molecule has 0 aliphatic rings. The Bertz CT molecular complexity index is 1390. The fraction of sp³-hybridized carbons (Fsp3) is 0.219. The van der Waals surface area contributed by atoms with Crippen molar-refractivity contribution in [2.75, 3.05) is 6.61 Å². The smallest absolute Gasteiger partial charge is 0.408 e. The van der Waals surface area contributed by atoms with Crippen molar-refractivity contribution in [3.63, 3.8) is 0 Å². The SMILES string of the molecule is O=C(NC(Cc1ccc2ccccc2c1)C(=O)NC(CCc1ccccc1)C(=O)CO)OCc1ccccc1. The predicted octanol–water partition coefficient (Wildman–Crippen LogP) is 4.36. The summed E-state index contributed by atoms with van der Waals surface area (Å²) in [5.41, 5.74) is 2.67. The van der Waals surface area contributed by atoms with Crippen molar-refractivity contribution in [2.45, 2.75) is 38.0 Å². The third-order valence-electron chi connectivity index (χ3n) is 6.50. The molecule has 4 aromatic carbocycles. The Kier molecular flexibility index (Phi) is 9.80. The van der Waals surface area contributed by atoms with Crippen LogP contribution in [0.15, 0.2) is 103 Å². The van der Waals surface area contributed by atoms with Crippen LogP contribution in [0.1, 0.15) is 23.1 Å². The summed E-state index contributed by atoms with van der Waals surface area (Å²) >= 11 is 0. The number of benzene rings is 4. The maximum absolute atomic E-state index is 13.4. The summed E-state index contributed by atoms with van der Waals surface area (Å²) in [5, 5.41) is 17.0. The maximum Gasteiger partial charge on any atom is 0.408 e. The molecule has 0 aromatic heterocycles. The molecule has 0 bridgehead atoms. The Labute approximate surface area is 227 Å². The zero-order valence-electron chi connectivity index (χ0n) is 21.6. The molecule has 0 fully saturated rings. The van der Waals surface area contributed by atoms with Gasteiger partial charge in [-0.3, -0.25) is 9.59 Å². The molecular weight excluding hydrogens is 492 g/mol. The first-order chi connectivity index (χ1) is 19.0. The average molecular weight is 525 g/mol. The van der Waals surface area contributed by atoms with E-state index in [1.54, 1.807) is 0 Å². The van der Waals surface area contributed by atoms with Crippen LogP contribution in [-0.2, 0) is 33.8 Å². The molecule has 7 nitrogen and oxygen atoms in total. The van der Waals surface area contributed by atoms with Crippen molar-refractivity contribution in [3.05, 3.63) is 120 Å². The number of carbonyl (C=O) groups is 3. The summed E-state index contributed by atoms with van der Waals surface area (Å²) in [5.74, 6) is -1.02. The van der Waals surface area contributed by atoms with Gasteiger partial charge in [0.05, 0.1) is 6.04 Å². The number of aliphatic hydroxyl groups is 1. The molecule has 0 saturated carbocycles. The van der Waals surface area contributed by atoms with Gasteiger partial charge in [-0.15, -0.1) is 0 Å². The highest BCUT2D eigenvalue weighted by Gasteiger charge is 2.27.